The molecule has 106 valence electrons. The summed E-state index contributed by atoms with van der Waals surface area (Å²) in [7, 11) is 0. The number of nitrogens with zero attached hydrogens (tertiary/aromatic N) is 1. The van der Waals surface area contributed by atoms with E-state index in [1.807, 2.05) is 13.0 Å². The third-order valence-corrected chi connectivity index (χ3v) is 3.27. The molecule has 0 saturated heterocycles. The Morgan fingerprint density at radius 2 is 1.80 bits per heavy atom. The fourth-order valence-electron chi connectivity index (χ4n) is 1.63. The molecule has 20 heavy (non-hydrogen) atoms. The van der Waals surface area contributed by atoms with Crippen molar-refractivity contribution in [3.63, 3.8) is 0 Å². The molecule has 0 aliphatic heterocycles. The van der Waals surface area contributed by atoms with E-state index in [0.717, 1.165) is 12.4 Å². The summed E-state index contributed by atoms with van der Waals surface area (Å²) in [5.74, 6) is 1.34. The number of hydrogen-bond acceptors (Lipinski definition) is 3. The van der Waals surface area contributed by atoms with Gasteiger partial charge >= 0.3 is 0 Å². The molecule has 1 aromatic heterocycles. The first-order valence-corrected chi connectivity index (χ1v) is 7.20. The summed E-state index contributed by atoms with van der Waals surface area (Å²) < 4.78 is 5.62. The summed E-state index contributed by atoms with van der Waals surface area (Å²) in [6, 6.07) is 8.64. The molecule has 2 rings (SSSR count). The maximum Gasteiger partial charge on any atom is 0.132 e. The number of hydrogen-bond donors (Lipinski definition) is 1. The number of rotatable bonds is 5. The number of ether oxygens (including phenoxy) is 1. The minimum Gasteiger partial charge on any atom is -0.487 e. The van der Waals surface area contributed by atoms with Crippen molar-refractivity contribution in [3.8, 4) is 5.75 Å². The summed E-state index contributed by atoms with van der Waals surface area (Å²) in [4.78, 5) is 4.39. The van der Waals surface area contributed by atoms with Crippen molar-refractivity contribution in [2.45, 2.75) is 13.5 Å². The van der Waals surface area contributed by atoms with Crippen LogP contribution in [0.1, 0.15) is 12.6 Å². The monoisotopic (exact) mass is 330 g/mol. The van der Waals surface area contributed by atoms with Crippen molar-refractivity contribution in [1.29, 1.82) is 0 Å². The fraction of sp³-hybridized carbons (Fsp3) is 0.214. The second-order valence-electron chi connectivity index (χ2n) is 4.05. The summed E-state index contributed by atoms with van der Waals surface area (Å²) in [5.41, 5.74) is 0.654. The Morgan fingerprint density at radius 1 is 1.10 bits per heavy atom. The molecule has 0 bridgehead atoms. The van der Waals surface area contributed by atoms with E-state index in [1.165, 1.54) is 0 Å². The van der Waals surface area contributed by atoms with Crippen molar-refractivity contribution < 1.29 is 4.74 Å². The number of nitrogens with one attached hydrogen (secondary N) is 1. The van der Waals surface area contributed by atoms with Crippen LogP contribution in [0.25, 0.3) is 0 Å². The van der Waals surface area contributed by atoms with Crippen LogP contribution in [0.15, 0.2) is 30.3 Å². The van der Waals surface area contributed by atoms with Crippen molar-refractivity contribution in [1.82, 2.24) is 4.98 Å². The van der Waals surface area contributed by atoms with E-state index < -0.39 is 0 Å². The molecule has 2 aromatic rings. The predicted molar refractivity (Wildman–Crippen MR) is 84.2 cm³/mol. The Bertz CT molecular complexity index is 585. The third-order valence-electron chi connectivity index (χ3n) is 2.49. The first-order valence-electron chi connectivity index (χ1n) is 6.06. The maximum absolute atomic E-state index is 6.10. The average Bonchev–Trinajstić information content (AvgIpc) is 2.38. The normalized spacial score (nSPS) is 10.4. The summed E-state index contributed by atoms with van der Waals surface area (Å²) in [6.45, 7) is 3.04. The molecule has 3 nitrogen and oxygen atoms in total. The van der Waals surface area contributed by atoms with E-state index in [1.54, 1.807) is 24.3 Å². The summed E-state index contributed by atoms with van der Waals surface area (Å²) in [5, 5.41) is 4.72. The second kappa shape index (κ2) is 7.02. The van der Waals surface area contributed by atoms with Crippen molar-refractivity contribution in [3.05, 3.63) is 51.1 Å². The zero-order valence-electron chi connectivity index (χ0n) is 10.8. The van der Waals surface area contributed by atoms with E-state index in [4.69, 9.17) is 39.5 Å². The second-order valence-corrected chi connectivity index (χ2v) is 5.33. The number of pyridine rings is 1. The Hall–Kier alpha value is -1.16. The average molecular weight is 332 g/mol. The van der Waals surface area contributed by atoms with Crippen LogP contribution in [0, 0.1) is 0 Å². The van der Waals surface area contributed by atoms with E-state index >= 15 is 0 Å². The number of anilines is 1. The van der Waals surface area contributed by atoms with Gasteiger partial charge in [-0.05, 0) is 37.3 Å². The Morgan fingerprint density at radius 3 is 2.45 bits per heavy atom. The van der Waals surface area contributed by atoms with Crippen LogP contribution >= 0.6 is 34.8 Å². The van der Waals surface area contributed by atoms with Crippen LogP contribution in [-0.4, -0.2) is 11.5 Å². The van der Waals surface area contributed by atoms with Crippen LogP contribution in [0.3, 0.4) is 0 Å². The molecule has 0 aliphatic carbocycles. The Kier molecular flexibility index (Phi) is 5.35. The van der Waals surface area contributed by atoms with Gasteiger partial charge in [0.1, 0.15) is 18.2 Å². The van der Waals surface area contributed by atoms with Gasteiger partial charge in [-0.2, -0.15) is 0 Å². The smallest absolute Gasteiger partial charge is 0.132 e. The van der Waals surface area contributed by atoms with Crippen molar-refractivity contribution in [2.75, 3.05) is 11.9 Å². The van der Waals surface area contributed by atoms with Gasteiger partial charge in [-0.3, -0.25) is 0 Å². The lowest BCUT2D eigenvalue weighted by molar-refractivity contribution is 0.301. The topological polar surface area (TPSA) is 34.1 Å². The van der Waals surface area contributed by atoms with Crippen LogP contribution in [0.2, 0.25) is 15.1 Å². The standard InChI is InChI=1S/C14H13Cl3N2O/c1-2-18-14-4-3-12(17)13(19-14)8-20-11-6-9(15)5-10(16)7-11/h3-7H,2,8H2,1H3,(H,18,19). The van der Waals surface area contributed by atoms with Gasteiger partial charge < -0.3 is 10.1 Å². The highest BCUT2D eigenvalue weighted by molar-refractivity contribution is 6.34. The van der Waals surface area contributed by atoms with E-state index in [-0.39, 0.29) is 6.61 Å². The molecular weight excluding hydrogens is 319 g/mol. The maximum atomic E-state index is 6.10. The number of benzene rings is 1. The van der Waals surface area contributed by atoms with Gasteiger partial charge in [0.05, 0.1) is 10.7 Å². The zero-order valence-corrected chi connectivity index (χ0v) is 13.1. The molecular formula is C14H13Cl3N2O. The quantitative estimate of drug-likeness (QED) is 0.832. The molecule has 0 spiro atoms. The Labute approximate surface area is 132 Å². The van der Waals surface area contributed by atoms with Gasteiger partial charge in [0.25, 0.3) is 0 Å². The van der Waals surface area contributed by atoms with Crippen molar-refractivity contribution >= 4 is 40.6 Å². The van der Waals surface area contributed by atoms with Crippen molar-refractivity contribution in [2.24, 2.45) is 0 Å². The lowest BCUT2D eigenvalue weighted by Gasteiger charge is -2.10. The third kappa shape index (κ3) is 4.17. The zero-order chi connectivity index (χ0) is 14.5. The molecule has 0 unspecified atom stereocenters. The van der Waals surface area contributed by atoms with Gasteiger partial charge in [0.15, 0.2) is 0 Å². The molecule has 0 fully saturated rings. The molecule has 0 saturated carbocycles. The van der Waals surface area contributed by atoms with E-state index in [9.17, 15) is 0 Å². The molecule has 0 amide bonds. The minimum atomic E-state index is 0.245. The first-order chi connectivity index (χ1) is 9.58. The highest BCUT2D eigenvalue weighted by Crippen LogP contribution is 2.25. The molecule has 0 radical (unpaired) electrons. The van der Waals surface area contributed by atoms with Crippen LogP contribution in [0.4, 0.5) is 5.82 Å². The fourth-order valence-corrected chi connectivity index (χ4v) is 2.29. The SMILES string of the molecule is CCNc1ccc(Cl)c(COc2cc(Cl)cc(Cl)c2)n1. The number of halogens is 3. The van der Waals surface area contributed by atoms with E-state index in [2.05, 4.69) is 10.3 Å². The van der Waals surface area contributed by atoms with Gasteiger partial charge in [0.2, 0.25) is 0 Å². The highest BCUT2D eigenvalue weighted by atomic mass is 35.5. The summed E-state index contributed by atoms with van der Waals surface area (Å²) in [6.07, 6.45) is 0. The lowest BCUT2D eigenvalue weighted by Crippen LogP contribution is -2.04. The largest absolute Gasteiger partial charge is 0.487 e. The van der Waals surface area contributed by atoms with Crippen LogP contribution in [-0.2, 0) is 6.61 Å². The van der Waals surface area contributed by atoms with Crippen LogP contribution in [0.5, 0.6) is 5.75 Å². The molecule has 1 N–H and O–H groups in total. The Balaban J connectivity index is 2.11. The van der Waals surface area contributed by atoms with Gasteiger partial charge in [-0.15, -0.1) is 0 Å². The predicted octanol–water partition coefficient (Wildman–Crippen LogP) is 5.05. The molecule has 6 heteroatoms. The minimum absolute atomic E-state index is 0.245. The van der Waals surface area contributed by atoms with Gasteiger partial charge in [0, 0.05) is 16.6 Å². The molecule has 0 atom stereocenters. The van der Waals surface area contributed by atoms with Gasteiger partial charge in [-0.25, -0.2) is 4.98 Å². The molecule has 0 aliphatic rings. The molecule has 1 aromatic carbocycles. The highest BCUT2D eigenvalue weighted by Gasteiger charge is 2.06. The van der Waals surface area contributed by atoms with E-state index in [0.29, 0.717) is 26.5 Å². The summed E-state index contributed by atoms with van der Waals surface area (Å²) >= 11 is 17.9. The first kappa shape index (κ1) is 15.2. The lowest BCUT2D eigenvalue weighted by atomic mass is 10.3. The molecule has 1 heterocycles. The van der Waals surface area contributed by atoms with Gasteiger partial charge in [-0.1, -0.05) is 34.8 Å². The number of aromatic nitrogens is 1. The van der Waals surface area contributed by atoms with Crippen LogP contribution < -0.4 is 10.1 Å².